The molecule has 5 nitrogen and oxygen atoms in total. The fourth-order valence-electron chi connectivity index (χ4n) is 6.08. The normalized spacial score (nSPS) is 27.6. The number of amides is 1. The minimum absolute atomic E-state index is 0.0317. The van der Waals surface area contributed by atoms with Gasteiger partial charge >= 0.3 is 5.97 Å². The summed E-state index contributed by atoms with van der Waals surface area (Å²) in [6.45, 7) is 9.18. The predicted octanol–water partition coefficient (Wildman–Crippen LogP) is 6.41. The number of carbonyl (C=O) groups excluding carboxylic acids is 1. The second kappa shape index (κ2) is 9.46. The van der Waals surface area contributed by atoms with E-state index in [0.717, 1.165) is 12.1 Å². The van der Waals surface area contributed by atoms with E-state index in [4.69, 9.17) is 10.1 Å². The number of rotatable bonds is 7. The summed E-state index contributed by atoms with van der Waals surface area (Å²) in [7, 11) is 0. The standard InChI is InChI=1S/C31H42N2O3/c1-30(2,3)22-13-20(14-23(17-22)31(4)10-11-31)25-18-27(28(34)32-24-15-21(16-24)29(35)36)33-26(25)12-19-8-6-5-7-9-19/h13-14,17-19,21,24-25H,5-12,15-16H2,1-4H3,(H,32,34)(H,35,36). The van der Waals surface area contributed by atoms with Crippen LogP contribution >= 0.6 is 0 Å². The molecule has 5 heteroatoms. The van der Waals surface area contributed by atoms with Gasteiger partial charge in [-0.3, -0.25) is 14.6 Å². The van der Waals surface area contributed by atoms with Crippen molar-refractivity contribution < 1.29 is 14.7 Å². The molecule has 0 saturated heterocycles. The van der Waals surface area contributed by atoms with Gasteiger partial charge in [0.2, 0.25) is 0 Å². The molecule has 4 aliphatic rings. The van der Waals surface area contributed by atoms with E-state index in [1.807, 2.05) is 0 Å². The number of hydrogen-bond donors (Lipinski definition) is 2. The quantitative estimate of drug-likeness (QED) is 0.464. The van der Waals surface area contributed by atoms with E-state index in [9.17, 15) is 9.59 Å². The molecule has 0 aromatic heterocycles. The summed E-state index contributed by atoms with van der Waals surface area (Å²) >= 11 is 0. The number of aliphatic imine (C=N–C) groups is 1. The first-order chi connectivity index (χ1) is 17.0. The SMILES string of the molecule is CC(C)(C)c1cc(C2C=C(C(=O)NC3CC(C(=O)O)C3)N=C2CC2CCCCC2)cc(C2(C)CC2)c1. The van der Waals surface area contributed by atoms with E-state index >= 15 is 0 Å². The molecule has 5 rings (SSSR count). The van der Waals surface area contributed by atoms with Gasteiger partial charge in [-0.1, -0.05) is 78.0 Å². The van der Waals surface area contributed by atoms with Crippen LogP contribution in [0.2, 0.25) is 0 Å². The number of carboxylic acids is 1. The summed E-state index contributed by atoms with van der Waals surface area (Å²) in [5.41, 5.74) is 5.97. The Labute approximate surface area is 215 Å². The topological polar surface area (TPSA) is 78.8 Å². The maximum Gasteiger partial charge on any atom is 0.306 e. The van der Waals surface area contributed by atoms with Crippen molar-refractivity contribution in [1.82, 2.24) is 5.32 Å². The van der Waals surface area contributed by atoms with E-state index in [2.05, 4.69) is 57.3 Å². The molecule has 3 saturated carbocycles. The number of benzene rings is 1. The first-order valence-corrected chi connectivity index (χ1v) is 14.0. The van der Waals surface area contributed by atoms with E-state index < -0.39 is 5.97 Å². The van der Waals surface area contributed by atoms with E-state index in [-0.39, 0.29) is 34.6 Å². The van der Waals surface area contributed by atoms with Crippen molar-refractivity contribution in [1.29, 1.82) is 0 Å². The van der Waals surface area contributed by atoms with Crippen LogP contribution in [0.1, 0.15) is 115 Å². The fourth-order valence-corrected chi connectivity index (χ4v) is 6.08. The zero-order valence-corrected chi connectivity index (χ0v) is 22.4. The minimum atomic E-state index is -0.771. The third-order valence-electron chi connectivity index (χ3n) is 9.10. The Morgan fingerprint density at radius 3 is 2.39 bits per heavy atom. The van der Waals surface area contributed by atoms with Crippen molar-refractivity contribution in [3.8, 4) is 0 Å². The van der Waals surface area contributed by atoms with E-state index in [1.165, 1.54) is 61.6 Å². The van der Waals surface area contributed by atoms with Crippen LogP contribution in [0, 0.1) is 11.8 Å². The van der Waals surface area contributed by atoms with Crippen molar-refractivity contribution in [3.05, 3.63) is 46.7 Å². The molecule has 36 heavy (non-hydrogen) atoms. The molecule has 1 amide bonds. The summed E-state index contributed by atoms with van der Waals surface area (Å²) in [4.78, 5) is 29.3. The van der Waals surface area contributed by atoms with Crippen molar-refractivity contribution in [2.24, 2.45) is 16.8 Å². The Bertz CT molecular complexity index is 1070. The number of allylic oxidation sites excluding steroid dienone is 1. The number of carboxylic acid groups (broad SMARTS) is 1. The number of nitrogens with one attached hydrogen (secondary N) is 1. The summed E-state index contributed by atoms with van der Waals surface area (Å²) in [5.74, 6) is -0.594. The van der Waals surface area contributed by atoms with Crippen LogP contribution in [0.4, 0.5) is 0 Å². The average molecular weight is 491 g/mol. The highest BCUT2D eigenvalue weighted by atomic mass is 16.4. The Morgan fingerprint density at radius 2 is 1.78 bits per heavy atom. The number of nitrogens with zero attached hydrogens (tertiary/aromatic N) is 1. The summed E-state index contributed by atoms with van der Waals surface area (Å²) in [5, 5.41) is 12.2. The van der Waals surface area contributed by atoms with Gasteiger partial charge < -0.3 is 10.4 Å². The third-order valence-corrected chi connectivity index (χ3v) is 9.10. The lowest BCUT2D eigenvalue weighted by molar-refractivity contribution is -0.146. The molecule has 0 radical (unpaired) electrons. The minimum Gasteiger partial charge on any atom is -0.481 e. The van der Waals surface area contributed by atoms with Crippen LogP contribution in [0.3, 0.4) is 0 Å². The fraction of sp³-hybridized carbons (Fsp3) is 0.645. The smallest absolute Gasteiger partial charge is 0.306 e. The third kappa shape index (κ3) is 5.31. The molecule has 1 unspecified atom stereocenters. The Morgan fingerprint density at radius 1 is 1.08 bits per heavy atom. The van der Waals surface area contributed by atoms with Crippen LogP contribution in [0.15, 0.2) is 35.0 Å². The lowest BCUT2D eigenvalue weighted by Gasteiger charge is -2.32. The summed E-state index contributed by atoms with van der Waals surface area (Å²) < 4.78 is 0. The highest BCUT2D eigenvalue weighted by Crippen LogP contribution is 2.49. The van der Waals surface area contributed by atoms with Gasteiger partial charge in [0.1, 0.15) is 5.70 Å². The van der Waals surface area contributed by atoms with Crippen LogP contribution in [0.25, 0.3) is 0 Å². The lowest BCUT2D eigenvalue weighted by Crippen LogP contribution is -2.46. The molecule has 3 fully saturated rings. The molecule has 1 aromatic carbocycles. The molecule has 194 valence electrons. The number of hydrogen-bond acceptors (Lipinski definition) is 3. The van der Waals surface area contributed by atoms with Gasteiger partial charge in [0, 0.05) is 17.7 Å². The van der Waals surface area contributed by atoms with Crippen molar-refractivity contribution >= 4 is 17.6 Å². The molecular weight excluding hydrogens is 448 g/mol. The molecule has 0 spiro atoms. The highest BCUT2D eigenvalue weighted by molar-refractivity contribution is 6.04. The Balaban J connectivity index is 1.43. The maximum absolute atomic E-state index is 13.2. The number of aliphatic carboxylic acids is 1. The van der Waals surface area contributed by atoms with Crippen molar-refractivity contribution in [2.45, 2.75) is 115 Å². The van der Waals surface area contributed by atoms with Gasteiger partial charge in [0.25, 0.3) is 5.91 Å². The molecule has 1 aromatic rings. The zero-order chi connectivity index (χ0) is 25.7. The van der Waals surface area contributed by atoms with Gasteiger partial charge in [-0.15, -0.1) is 0 Å². The number of carbonyl (C=O) groups is 2. The predicted molar refractivity (Wildman–Crippen MR) is 143 cm³/mol. The van der Waals surface area contributed by atoms with Gasteiger partial charge in [0.05, 0.1) is 5.92 Å². The van der Waals surface area contributed by atoms with Gasteiger partial charge in [-0.25, -0.2) is 0 Å². The molecule has 2 N–H and O–H groups in total. The second-order valence-corrected chi connectivity index (χ2v) is 13.2. The van der Waals surface area contributed by atoms with E-state index in [0.29, 0.717) is 24.5 Å². The largest absolute Gasteiger partial charge is 0.481 e. The monoisotopic (exact) mass is 490 g/mol. The van der Waals surface area contributed by atoms with Crippen LogP contribution in [-0.4, -0.2) is 28.7 Å². The molecule has 1 heterocycles. The molecular formula is C31H42N2O3. The van der Waals surface area contributed by atoms with Gasteiger partial charge in [-0.2, -0.15) is 0 Å². The van der Waals surface area contributed by atoms with E-state index in [1.54, 1.807) is 0 Å². The Kier molecular flexibility index (Phi) is 6.63. The second-order valence-electron chi connectivity index (χ2n) is 13.2. The first kappa shape index (κ1) is 25.2. The molecule has 1 aliphatic heterocycles. The van der Waals surface area contributed by atoms with Gasteiger partial charge in [0.15, 0.2) is 0 Å². The van der Waals surface area contributed by atoms with Crippen LogP contribution < -0.4 is 5.32 Å². The molecule has 1 atom stereocenters. The van der Waals surface area contributed by atoms with Crippen molar-refractivity contribution in [3.63, 3.8) is 0 Å². The average Bonchev–Trinajstić information content (AvgIpc) is 3.42. The zero-order valence-electron chi connectivity index (χ0n) is 22.4. The maximum atomic E-state index is 13.2. The Hall–Kier alpha value is -2.43. The summed E-state index contributed by atoms with van der Waals surface area (Å²) in [6, 6.07) is 7.05. The van der Waals surface area contributed by atoms with Gasteiger partial charge in [-0.05, 0) is 71.6 Å². The lowest BCUT2D eigenvalue weighted by atomic mass is 9.78. The first-order valence-electron chi connectivity index (χ1n) is 14.0. The highest BCUT2D eigenvalue weighted by Gasteiger charge is 2.41. The van der Waals surface area contributed by atoms with Crippen molar-refractivity contribution in [2.75, 3.05) is 0 Å². The van der Waals surface area contributed by atoms with Crippen LogP contribution in [-0.2, 0) is 20.4 Å². The van der Waals surface area contributed by atoms with Crippen LogP contribution in [0.5, 0.6) is 0 Å². The molecule has 0 bridgehead atoms. The summed E-state index contributed by atoms with van der Waals surface area (Å²) in [6.07, 6.45) is 12.9. The molecule has 3 aliphatic carbocycles.